The van der Waals surface area contributed by atoms with E-state index in [0.717, 1.165) is 60.4 Å². The lowest BCUT2D eigenvalue weighted by molar-refractivity contribution is -0.120. The van der Waals surface area contributed by atoms with E-state index in [2.05, 4.69) is 31.8 Å². The zero-order valence-electron chi connectivity index (χ0n) is 22.2. The first kappa shape index (κ1) is 25.8. The largest absolute Gasteiger partial charge is 0.355 e. The molecular weight excluding hydrogens is 525 g/mol. The quantitative estimate of drug-likeness (QED) is 0.251. The number of nitrogens with one attached hydrogen (secondary N) is 2. The van der Waals surface area contributed by atoms with E-state index in [1.807, 2.05) is 66.3 Å². The predicted molar refractivity (Wildman–Crippen MR) is 159 cm³/mol. The molecule has 0 aliphatic rings. The molecule has 0 unspecified atom stereocenters. The molecule has 0 saturated carbocycles. The van der Waals surface area contributed by atoms with Crippen molar-refractivity contribution in [3.05, 3.63) is 90.1 Å². The number of likely N-dealkylation sites (N-methyl/N-ethyl adjacent to an activating group) is 1. The van der Waals surface area contributed by atoms with Gasteiger partial charge in [0, 0.05) is 34.2 Å². The summed E-state index contributed by atoms with van der Waals surface area (Å²) >= 11 is 1.59. The summed E-state index contributed by atoms with van der Waals surface area (Å²) in [6.45, 7) is 1.92. The highest BCUT2D eigenvalue weighted by Gasteiger charge is 2.14. The summed E-state index contributed by atoms with van der Waals surface area (Å²) < 4.78 is 16.5. The lowest BCUT2D eigenvalue weighted by atomic mass is 10.1. The third-order valence-electron chi connectivity index (χ3n) is 6.71. The van der Waals surface area contributed by atoms with Gasteiger partial charge < -0.3 is 15.5 Å². The summed E-state index contributed by atoms with van der Waals surface area (Å²) in [5.74, 6) is 0.478. The second-order valence-corrected chi connectivity index (χ2v) is 11.0. The van der Waals surface area contributed by atoms with Crippen LogP contribution in [0.4, 0.5) is 15.9 Å². The molecule has 0 saturated heterocycles. The molecule has 3 heterocycles. The maximum Gasteiger partial charge on any atom is 0.224 e. The third-order valence-corrected chi connectivity index (χ3v) is 7.77. The number of fused-ring (bicyclic) bond motifs is 4. The summed E-state index contributed by atoms with van der Waals surface area (Å²) in [4.78, 5) is 24.4. The van der Waals surface area contributed by atoms with Crippen LogP contribution in [0.3, 0.4) is 0 Å². The Morgan fingerprint density at radius 2 is 1.95 bits per heavy atom. The number of thiophene rings is 1. The molecule has 2 N–H and O–H groups in total. The average molecular weight is 554 g/mol. The van der Waals surface area contributed by atoms with E-state index in [4.69, 9.17) is 0 Å². The first-order valence-electron chi connectivity index (χ1n) is 13.0. The number of nitrogens with zero attached hydrogens (tertiary/aromatic N) is 5. The van der Waals surface area contributed by atoms with Crippen molar-refractivity contribution in [3.63, 3.8) is 0 Å². The van der Waals surface area contributed by atoms with Crippen LogP contribution in [0.1, 0.15) is 11.1 Å². The van der Waals surface area contributed by atoms with Crippen molar-refractivity contribution >= 4 is 60.0 Å². The fourth-order valence-electron chi connectivity index (χ4n) is 4.76. The van der Waals surface area contributed by atoms with Crippen LogP contribution in [-0.2, 0) is 17.8 Å². The summed E-state index contributed by atoms with van der Waals surface area (Å²) in [6, 6.07) is 18.7. The molecule has 0 spiro atoms. The fourth-order valence-corrected chi connectivity index (χ4v) is 5.87. The summed E-state index contributed by atoms with van der Waals surface area (Å²) in [5.41, 5.74) is 3.66. The van der Waals surface area contributed by atoms with Crippen LogP contribution < -0.4 is 10.6 Å². The Labute approximate surface area is 234 Å². The molecule has 0 fully saturated rings. The Morgan fingerprint density at radius 1 is 1.05 bits per heavy atom. The molecule has 6 aromatic rings. The number of anilines is 2. The Kier molecular flexibility index (Phi) is 7.10. The van der Waals surface area contributed by atoms with Crippen LogP contribution in [0.15, 0.2) is 73.2 Å². The molecule has 10 heteroatoms. The van der Waals surface area contributed by atoms with Gasteiger partial charge in [0.2, 0.25) is 5.91 Å². The normalized spacial score (nSPS) is 11.6. The molecule has 0 aliphatic carbocycles. The summed E-state index contributed by atoms with van der Waals surface area (Å²) in [7, 11) is 3.97. The second kappa shape index (κ2) is 11.0. The number of carbonyl (C=O) groups excluding carboxylic acids is 1. The minimum absolute atomic E-state index is 0.0131. The molecule has 6 rings (SSSR count). The van der Waals surface area contributed by atoms with Crippen LogP contribution in [0.25, 0.3) is 31.2 Å². The minimum atomic E-state index is -0.255. The maximum atomic E-state index is 13.6. The van der Waals surface area contributed by atoms with Gasteiger partial charge >= 0.3 is 0 Å². The van der Waals surface area contributed by atoms with E-state index in [-0.39, 0.29) is 11.7 Å². The standard InChI is InChI=1S/C30H28FN7OS/c1-37(2)11-10-32-27(39)14-19-6-8-24-26(13-19)40-30-28(24)29(33-18-34-30)36-23-7-9-25-21(15-23)16-35-38(25)17-20-4-3-5-22(31)12-20/h3-9,12-13,15-16,18H,10-11,14,17H2,1-2H3,(H,32,39)(H,33,34,36). The van der Waals surface area contributed by atoms with E-state index in [1.54, 1.807) is 23.7 Å². The number of benzene rings is 3. The monoisotopic (exact) mass is 553 g/mol. The first-order valence-corrected chi connectivity index (χ1v) is 13.8. The number of amides is 1. The molecule has 0 aliphatic heterocycles. The zero-order valence-corrected chi connectivity index (χ0v) is 23.0. The topological polar surface area (TPSA) is 88.0 Å². The van der Waals surface area contributed by atoms with Crippen molar-refractivity contribution < 1.29 is 9.18 Å². The molecule has 40 heavy (non-hydrogen) atoms. The molecule has 0 radical (unpaired) electrons. The lowest BCUT2D eigenvalue weighted by Gasteiger charge is -2.10. The van der Waals surface area contributed by atoms with Crippen LogP contribution in [0.5, 0.6) is 0 Å². The predicted octanol–water partition coefficient (Wildman–Crippen LogP) is 5.35. The first-order chi connectivity index (χ1) is 19.4. The number of rotatable bonds is 9. The van der Waals surface area contributed by atoms with Gasteiger partial charge in [0.15, 0.2) is 0 Å². The Balaban J connectivity index is 1.23. The maximum absolute atomic E-state index is 13.6. The molecule has 8 nitrogen and oxygen atoms in total. The highest BCUT2D eigenvalue weighted by atomic mass is 32.1. The van der Waals surface area contributed by atoms with Gasteiger partial charge in [-0.3, -0.25) is 9.48 Å². The molecule has 202 valence electrons. The van der Waals surface area contributed by atoms with Crippen LogP contribution in [-0.4, -0.2) is 57.7 Å². The summed E-state index contributed by atoms with van der Waals surface area (Å²) in [6.07, 6.45) is 3.71. The molecule has 0 atom stereocenters. The Hall–Kier alpha value is -4.41. The Bertz CT molecular complexity index is 1840. The molecule has 3 aromatic heterocycles. The summed E-state index contributed by atoms with van der Waals surface area (Å²) in [5, 5.41) is 13.9. The van der Waals surface area contributed by atoms with Gasteiger partial charge in [-0.05, 0) is 61.6 Å². The highest BCUT2D eigenvalue weighted by molar-refractivity contribution is 7.25. The van der Waals surface area contributed by atoms with E-state index < -0.39 is 0 Å². The van der Waals surface area contributed by atoms with Gasteiger partial charge in [-0.1, -0.05) is 24.3 Å². The van der Waals surface area contributed by atoms with Crippen LogP contribution in [0, 0.1) is 5.82 Å². The zero-order chi connectivity index (χ0) is 27.6. The van der Waals surface area contributed by atoms with E-state index in [9.17, 15) is 9.18 Å². The van der Waals surface area contributed by atoms with Crippen molar-refractivity contribution in [1.29, 1.82) is 0 Å². The van der Waals surface area contributed by atoms with Crippen molar-refractivity contribution in [2.75, 3.05) is 32.5 Å². The van der Waals surface area contributed by atoms with E-state index >= 15 is 0 Å². The van der Waals surface area contributed by atoms with E-state index in [1.165, 1.54) is 12.1 Å². The van der Waals surface area contributed by atoms with Crippen LogP contribution >= 0.6 is 11.3 Å². The lowest BCUT2D eigenvalue weighted by Crippen LogP contribution is -2.32. The van der Waals surface area contributed by atoms with Gasteiger partial charge in [-0.15, -0.1) is 11.3 Å². The van der Waals surface area contributed by atoms with Crippen molar-refractivity contribution in [3.8, 4) is 0 Å². The smallest absolute Gasteiger partial charge is 0.224 e. The van der Waals surface area contributed by atoms with Gasteiger partial charge in [-0.25, -0.2) is 14.4 Å². The number of halogens is 1. The highest BCUT2D eigenvalue weighted by Crippen LogP contribution is 2.37. The number of hydrogen-bond donors (Lipinski definition) is 2. The van der Waals surface area contributed by atoms with Gasteiger partial charge in [0.1, 0.15) is 22.8 Å². The third kappa shape index (κ3) is 5.49. The molecule has 3 aromatic carbocycles. The number of aromatic nitrogens is 4. The number of hydrogen-bond acceptors (Lipinski definition) is 7. The molecule has 1 amide bonds. The van der Waals surface area contributed by atoms with Crippen molar-refractivity contribution in [2.24, 2.45) is 0 Å². The van der Waals surface area contributed by atoms with Crippen LogP contribution in [0.2, 0.25) is 0 Å². The average Bonchev–Trinajstić information content (AvgIpc) is 3.49. The van der Waals surface area contributed by atoms with Crippen molar-refractivity contribution in [2.45, 2.75) is 13.0 Å². The van der Waals surface area contributed by atoms with Crippen molar-refractivity contribution in [1.82, 2.24) is 30.0 Å². The van der Waals surface area contributed by atoms with Gasteiger partial charge in [-0.2, -0.15) is 5.10 Å². The second-order valence-electron chi connectivity index (χ2n) is 10.00. The fraction of sp³-hybridized carbons (Fsp3) is 0.200. The minimum Gasteiger partial charge on any atom is -0.355 e. The van der Waals surface area contributed by atoms with E-state index in [0.29, 0.717) is 19.5 Å². The van der Waals surface area contributed by atoms with Gasteiger partial charge in [0.05, 0.1) is 30.1 Å². The van der Waals surface area contributed by atoms with Gasteiger partial charge in [0.25, 0.3) is 0 Å². The SMILES string of the molecule is CN(C)CCNC(=O)Cc1ccc2c(c1)sc1ncnc(Nc3ccc4c(cnn4Cc4cccc(F)c4)c3)c12. The Morgan fingerprint density at radius 3 is 2.80 bits per heavy atom. The molecule has 0 bridgehead atoms. The number of carbonyl (C=O) groups is 1. The molecular formula is C30H28FN7OS.